The Kier molecular flexibility index (Phi) is 4.27. The number of anilines is 2. The normalized spacial score (nSPS) is 16.1. The molecule has 0 radical (unpaired) electrons. The van der Waals surface area contributed by atoms with Gasteiger partial charge in [0.25, 0.3) is 0 Å². The fraction of sp³-hybridized carbons (Fsp3) is 0.500. The van der Waals surface area contributed by atoms with Gasteiger partial charge in [0.2, 0.25) is 0 Å². The van der Waals surface area contributed by atoms with Gasteiger partial charge < -0.3 is 20.2 Å². The number of likely N-dealkylation sites (N-methyl/N-ethyl adjacent to an activating group) is 2. The van der Waals surface area contributed by atoms with E-state index in [2.05, 4.69) is 34.3 Å². The lowest BCUT2D eigenvalue weighted by molar-refractivity contribution is -0.139. The van der Waals surface area contributed by atoms with Crippen molar-refractivity contribution in [2.24, 2.45) is 0 Å². The summed E-state index contributed by atoms with van der Waals surface area (Å²) < 4.78 is 0. The van der Waals surface area contributed by atoms with E-state index in [-0.39, 0.29) is 0 Å². The van der Waals surface area contributed by atoms with Crippen LogP contribution in [0.15, 0.2) is 24.3 Å². The van der Waals surface area contributed by atoms with Crippen LogP contribution in [0.25, 0.3) is 0 Å². The fourth-order valence-corrected chi connectivity index (χ4v) is 2.47. The van der Waals surface area contributed by atoms with E-state index in [9.17, 15) is 4.79 Å². The van der Waals surface area contributed by atoms with Gasteiger partial charge in [0.05, 0.1) is 11.4 Å². The van der Waals surface area contributed by atoms with Crippen molar-refractivity contribution in [2.75, 3.05) is 43.5 Å². The number of hydrogen-bond donors (Lipinski definition) is 2. The van der Waals surface area contributed by atoms with Crippen LogP contribution in [0.1, 0.15) is 6.42 Å². The van der Waals surface area contributed by atoms with Gasteiger partial charge in [0.15, 0.2) is 0 Å². The minimum atomic E-state index is -0.787. The predicted molar refractivity (Wildman–Crippen MR) is 77.0 cm³/mol. The van der Waals surface area contributed by atoms with Crippen molar-refractivity contribution in [3.05, 3.63) is 24.3 Å². The lowest BCUT2D eigenvalue weighted by atomic mass is 10.1. The first-order chi connectivity index (χ1) is 9.13. The lowest BCUT2D eigenvalue weighted by Gasteiger charge is -2.37. The molecule has 2 rings (SSSR count). The first-order valence-corrected chi connectivity index (χ1v) is 6.58. The molecule has 0 saturated heterocycles. The van der Waals surface area contributed by atoms with Crippen LogP contribution in [0.4, 0.5) is 11.4 Å². The van der Waals surface area contributed by atoms with Crippen molar-refractivity contribution in [2.45, 2.75) is 12.5 Å². The van der Waals surface area contributed by atoms with Gasteiger partial charge in [-0.25, -0.2) is 0 Å². The molecule has 0 aromatic heterocycles. The summed E-state index contributed by atoms with van der Waals surface area (Å²) in [5.41, 5.74) is 2.40. The standard InChI is InChI=1S/C14H21N3O2/c1-15-11(14(18)19)7-8-17-10-9-16(2)12-5-3-4-6-13(12)17/h3-6,11,15H,7-10H2,1-2H3,(H,18,19). The molecular formula is C14H21N3O2. The Morgan fingerprint density at radius 2 is 2.05 bits per heavy atom. The molecule has 0 spiro atoms. The van der Waals surface area contributed by atoms with Crippen LogP contribution in [-0.2, 0) is 4.79 Å². The number of fused-ring (bicyclic) bond motifs is 1. The second kappa shape index (κ2) is 5.93. The third-order valence-electron chi connectivity index (χ3n) is 3.67. The van der Waals surface area contributed by atoms with Crippen LogP contribution < -0.4 is 15.1 Å². The number of carbonyl (C=O) groups is 1. The van der Waals surface area contributed by atoms with Gasteiger partial charge in [-0.2, -0.15) is 0 Å². The highest BCUT2D eigenvalue weighted by molar-refractivity contribution is 5.74. The maximum absolute atomic E-state index is 11.0. The second-order valence-electron chi connectivity index (χ2n) is 4.87. The molecule has 5 nitrogen and oxygen atoms in total. The molecular weight excluding hydrogens is 242 g/mol. The van der Waals surface area contributed by atoms with Crippen molar-refractivity contribution >= 4 is 17.3 Å². The zero-order valence-corrected chi connectivity index (χ0v) is 11.5. The first kappa shape index (κ1) is 13.7. The van der Waals surface area contributed by atoms with Crippen LogP contribution in [0, 0.1) is 0 Å². The summed E-state index contributed by atoms with van der Waals surface area (Å²) in [6.45, 7) is 2.65. The topological polar surface area (TPSA) is 55.8 Å². The Morgan fingerprint density at radius 1 is 1.37 bits per heavy atom. The second-order valence-corrected chi connectivity index (χ2v) is 4.87. The average molecular weight is 263 g/mol. The van der Waals surface area contributed by atoms with E-state index in [1.165, 1.54) is 11.4 Å². The number of carboxylic acids is 1. The molecule has 1 aliphatic rings. The molecule has 104 valence electrons. The zero-order chi connectivity index (χ0) is 13.8. The third kappa shape index (κ3) is 2.98. The molecule has 1 aromatic carbocycles. The predicted octanol–water partition coefficient (Wildman–Crippen LogP) is 1.01. The quantitative estimate of drug-likeness (QED) is 0.830. The Bertz CT molecular complexity index is 450. The molecule has 0 aliphatic carbocycles. The number of benzene rings is 1. The Labute approximate surface area is 113 Å². The molecule has 5 heteroatoms. The van der Waals surface area contributed by atoms with Crippen molar-refractivity contribution in [1.29, 1.82) is 0 Å². The van der Waals surface area contributed by atoms with Crippen molar-refractivity contribution in [1.82, 2.24) is 5.32 Å². The summed E-state index contributed by atoms with van der Waals surface area (Å²) in [6, 6.07) is 7.78. The van der Waals surface area contributed by atoms with E-state index < -0.39 is 12.0 Å². The number of para-hydroxylation sites is 2. The summed E-state index contributed by atoms with van der Waals surface area (Å²) >= 11 is 0. The SMILES string of the molecule is CNC(CCN1CCN(C)c2ccccc21)C(=O)O. The Hall–Kier alpha value is -1.75. The van der Waals surface area contributed by atoms with Gasteiger partial charge >= 0.3 is 5.97 Å². The van der Waals surface area contributed by atoms with Crippen LogP contribution in [0.2, 0.25) is 0 Å². The molecule has 0 fully saturated rings. The van der Waals surface area contributed by atoms with Crippen molar-refractivity contribution in [3.63, 3.8) is 0 Å². The highest BCUT2D eigenvalue weighted by Crippen LogP contribution is 2.31. The number of aliphatic carboxylic acids is 1. The van der Waals surface area contributed by atoms with Crippen LogP contribution >= 0.6 is 0 Å². The third-order valence-corrected chi connectivity index (χ3v) is 3.67. The van der Waals surface area contributed by atoms with E-state index >= 15 is 0 Å². The number of nitrogens with zero attached hydrogens (tertiary/aromatic N) is 2. The van der Waals surface area contributed by atoms with Crippen molar-refractivity contribution in [3.8, 4) is 0 Å². The molecule has 1 atom stereocenters. The molecule has 0 saturated carbocycles. The van der Waals surface area contributed by atoms with Gasteiger partial charge in [0, 0.05) is 26.7 Å². The smallest absolute Gasteiger partial charge is 0.320 e. The molecule has 19 heavy (non-hydrogen) atoms. The largest absolute Gasteiger partial charge is 0.480 e. The lowest BCUT2D eigenvalue weighted by Crippen LogP contribution is -2.43. The van der Waals surface area contributed by atoms with Gasteiger partial charge in [-0.1, -0.05) is 12.1 Å². The van der Waals surface area contributed by atoms with Gasteiger partial charge in [-0.3, -0.25) is 4.79 Å². The van der Waals surface area contributed by atoms with Crippen LogP contribution in [0.3, 0.4) is 0 Å². The number of carboxylic acid groups (broad SMARTS) is 1. The highest BCUT2D eigenvalue weighted by atomic mass is 16.4. The average Bonchev–Trinajstić information content (AvgIpc) is 2.42. The zero-order valence-electron chi connectivity index (χ0n) is 11.5. The summed E-state index contributed by atoms with van der Waals surface area (Å²) in [5.74, 6) is -0.787. The summed E-state index contributed by atoms with van der Waals surface area (Å²) in [7, 11) is 3.78. The fourth-order valence-electron chi connectivity index (χ4n) is 2.47. The minimum absolute atomic E-state index is 0.480. The minimum Gasteiger partial charge on any atom is -0.480 e. The van der Waals surface area contributed by atoms with Crippen LogP contribution in [-0.4, -0.2) is 50.8 Å². The summed E-state index contributed by atoms with van der Waals surface area (Å²) in [6.07, 6.45) is 0.601. The first-order valence-electron chi connectivity index (χ1n) is 6.58. The van der Waals surface area contributed by atoms with Gasteiger partial charge in [0.1, 0.15) is 6.04 Å². The number of nitrogens with one attached hydrogen (secondary N) is 1. The van der Waals surface area contributed by atoms with Gasteiger partial charge in [-0.15, -0.1) is 0 Å². The molecule has 1 aliphatic heterocycles. The van der Waals surface area contributed by atoms with E-state index in [0.717, 1.165) is 19.6 Å². The molecule has 0 bridgehead atoms. The van der Waals surface area contributed by atoms with E-state index in [4.69, 9.17) is 5.11 Å². The monoisotopic (exact) mass is 263 g/mol. The molecule has 2 N–H and O–H groups in total. The number of hydrogen-bond acceptors (Lipinski definition) is 4. The van der Waals surface area contributed by atoms with Gasteiger partial charge in [-0.05, 0) is 25.6 Å². The highest BCUT2D eigenvalue weighted by Gasteiger charge is 2.22. The maximum Gasteiger partial charge on any atom is 0.320 e. The van der Waals surface area contributed by atoms with E-state index in [0.29, 0.717) is 6.42 Å². The maximum atomic E-state index is 11.0. The molecule has 0 amide bonds. The summed E-state index contributed by atoms with van der Waals surface area (Å²) in [5, 5.41) is 11.9. The summed E-state index contributed by atoms with van der Waals surface area (Å²) in [4.78, 5) is 15.5. The molecule has 1 unspecified atom stereocenters. The Morgan fingerprint density at radius 3 is 2.68 bits per heavy atom. The van der Waals surface area contributed by atoms with E-state index in [1.807, 2.05) is 12.1 Å². The molecule has 1 aromatic rings. The molecule has 1 heterocycles. The van der Waals surface area contributed by atoms with Crippen molar-refractivity contribution < 1.29 is 9.90 Å². The number of rotatable bonds is 5. The van der Waals surface area contributed by atoms with E-state index in [1.54, 1.807) is 7.05 Å². The Balaban J connectivity index is 2.06. The van der Waals surface area contributed by atoms with Crippen LogP contribution in [0.5, 0.6) is 0 Å².